The molecule has 2 heterocycles. The van der Waals surface area contributed by atoms with Crippen LogP contribution in [0.2, 0.25) is 5.15 Å². The van der Waals surface area contributed by atoms with Crippen LogP contribution < -0.4 is 10.1 Å². The maximum Gasteiger partial charge on any atom is 0.254 e. The van der Waals surface area contributed by atoms with Crippen molar-refractivity contribution in [3.63, 3.8) is 0 Å². The van der Waals surface area contributed by atoms with Gasteiger partial charge < -0.3 is 10.1 Å². The average Bonchev–Trinajstić information content (AvgIpc) is 2.60. The molecule has 0 aliphatic heterocycles. The first-order chi connectivity index (χ1) is 11.9. The summed E-state index contributed by atoms with van der Waals surface area (Å²) in [7, 11) is 0. The van der Waals surface area contributed by atoms with Gasteiger partial charge in [0.25, 0.3) is 5.91 Å². The average molecular weight is 360 g/mol. The van der Waals surface area contributed by atoms with Crippen LogP contribution in [-0.2, 0) is 12.8 Å². The Morgan fingerprint density at radius 1 is 1.32 bits per heavy atom. The van der Waals surface area contributed by atoms with Crippen molar-refractivity contribution >= 4 is 17.5 Å². The number of ether oxygens (including phenoxy) is 1. The Bertz CT molecular complexity index is 763. The van der Waals surface area contributed by atoms with Gasteiger partial charge in [-0.1, -0.05) is 17.7 Å². The molecule has 1 aliphatic carbocycles. The van der Waals surface area contributed by atoms with Gasteiger partial charge in [0, 0.05) is 18.0 Å². The molecule has 25 heavy (non-hydrogen) atoms. The number of aromatic nitrogens is 2. The van der Waals surface area contributed by atoms with E-state index in [-0.39, 0.29) is 11.1 Å². The van der Waals surface area contributed by atoms with Gasteiger partial charge in [0.1, 0.15) is 11.8 Å². The SMILES string of the molecule is CC(C)(COc1ccccn1)NC(=O)c1cc2c(nc1Cl)CCCC2. The molecule has 0 atom stereocenters. The largest absolute Gasteiger partial charge is 0.475 e. The van der Waals surface area contributed by atoms with E-state index in [0.29, 0.717) is 18.1 Å². The number of fused-ring (bicyclic) bond motifs is 1. The molecule has 1 amide bonds. The number of rotatable bonds is 5. The molecule has 0 fully saturated rings. The molecule has 0 saturated heterocycles. The van der Waals surface area contributed by atoms with E-state index in [4.69, 9.17) is 16.3 Å². The van der Waals surface area contributed by atoms with Gasteiger partial charge in [0.15, 0.2) is 0 Å². The van der Waals surface area contributed by atoms with Gasteiger partial charge in [0.05, 0.1) is 11.1 Å². The molecular weight excluding hydrogens is 338 g/mol. The summed E-state index contributed by atoms with van der Waals surface area (Å²) in [6.07, 6.45) is 5.80. The van der Waals surface area contributed by atoms with Crippen molar-refractivity contribution in [1.29, 1.82) is 0 Å². The molecule has 2 aromatic heterocycles. The van der Waals surface area contributed by atoms with Crippen LogP contribution in [-0.4, -0.2) is 28.0 Å². The van der Waals surface area contributed by atoms with E-state index in [1.165, 1.54) is 0 Å². The Kier molecular flexibility index (Phi) is 5.23. The monoisotopic (exact) mass is 359 g/mol. The van der Waals surface area contributed by atoms with Crippen molar-refractivity contribution in [3.05, 3.63) is 52.4 Å². The fourth-order valence-electron chi connectivity index (χ4n) is 2.87. The number of carbonyl (C=O) groups excluding carboxylic acids is 1. The number of pyridine rings is 2. The summed E-state index contributed by atoms with van der Waals surface area (Å²) in [6, 6.07) is 7.34. The van der Waals surface area contributed by atoms with E-state index in [2.05, 4.69) is 15.3 Å². The van der Waals surface area contributed by atoms with Crippen LogP contribution in [0.1, 0.15) is 48.3 Å². The van der Waals surface area contributed by atoms with Crippen LogP contribution >= 0.6 is 11.6 Å². The minimum atomic E-state index is -0.576. The van der Waals surface area contributed by atoms with Crippen LogP contribution in [0, 0.1) is 0 Å². The lowest BCUT2D eigenvalue weighted by molar-refractivity contribution is 0.0878. The normalized spacial score (nSPS) is 13.9. The lowest BCUT2D eigenvalue weighted by Gasteiger charge is -2.26. The first-order valence-electron chi connectivity index (χ1n) is 8.49. The summed E-state index contributed by atoms with van der Waals surface area (Å²) in [5, 5.41) is 3.24. The summed E-state index contributed by atoms with van der Waals surface area (Å²) in [5.41, 5.74) is 2.00. The van der Waals surface area contributed by atoms with Crippen molar-refractivity contribution in [2.75, 3.05) is 6.61 Å². The number of hydrogen-bond acceptors (Lipinski definition) is 4. The maximum absolute atomic E-state index is 12.7. The standard InChI is InChI=1S/C19H22ClN3O2/c1-19(2,12-25-16-9-5-6-10-21-16)23-18(24)14-11-13-7-3-4-8-15(13)22-17(14)20/h5-6,9-11H,3-4,7-8,12H2,1-2H3,(H,23,24). The summed E-state index contributed by atoms with van der Waals surface area (Å²) in [5.74, 6) is 0.291. The zero-order valence-electron chi connectivity index (χ0n) is 14.5. The zero-order valence-corrected chi connectivity index (χ0v) is 15.3. The Labute approximate surface area is 152 Å². The van der Waals surface area contributed by atoms with Gasteiger partial charge in [-0.15, -0.1) is 0 Å². The molecular formula is C19H22ClN3O2. The molecule has 0 spiro atoms. The highest BCUT2D eigenvalue weighted by Gasteiger charge is 2.25. The van der Waals surface area contributed by atoms with Crippen LogP contribution in [0.4, 0.5) is 0 Å². The molecule has 0 radical (unpaired) electrons. The van der Waals surface area contributed by atoms with Gasteiger partial charge in [-0.3, -0.25) is 4.79 Å². The summed E-state index contributed by atoms with van der Waals surface area (Å²) in [4.78, 5) is 21.2. The smallest absolute Gasteiger partial charge is 0.254 e. The molecule has 6 heteroatoms. The molecule has 0 aromatic carbocycles. The first-order valence-corrected chi connectivity index (χ1v) is 8.87. The zero-order chi connectivity index (χ0) is 17.9. The topological polar surface area (TPSA) is 64.1 Å². The number of hydrogen-bond donors (Lipinski definition) is 1. The molecule has 3 rings (SSSR count). The first kappa shape index (κ1) is 17.7. The number of nitrogens with zero attached hydrogens (tertiary/aromatic N) is 2. The van der Waals surface area contributed by atoms with Crippen molar-refractivity contribution in [3.8, 4) is 5.88 Å². The molecule has 1 aliphatic rings. The van der Waals surface area contributed by atoms with E-state index in [9.17, 15) is 4.79 Å². The Morgan fingerprint density at radius 3 is 2.88 bits per heavy atom. The molecule has 5 nitrogen and oxygen atoms in total. The third-order valence-electron chi connectivity index (χ3n) is 4.17. The second-order valence-corrected chi connectivity index (χ2v) is 7.29. The van der Waals surface area contributed by atoms with E-state index in [1.807, 2.05) is 32.0 Å². The molecule has 2 aromatic rings. The lowest BCUT2D eigenvalue weighted by atomic mass is 9.95. The third kappa shape index (κ3) is 4.48. The van der Waals surface area contributed by atoms with E-state index < -0.39 is 5.54 Å². The number of nitrogens with one attached hydrogen (secondary N) is 1. The molecule has 0 bridgehead atoms. The van der Waals surface area contributed by atoms with Crippen LogP contribution in [0.5, 0.6) is 5.88 Å². The summed E-state index contributed by atoms with van der Waals surface area (Å²) in [6.45, 7) is 4.09. The number of amides is 1. The number of halogens is 1. The van der Waals surface area contributed by atoms with Gasteiger partial charge in [-0.2, -0.15) is 0 Å². The van der Waals surface area contributed by atoms with Crippen molar-refractivity contribution in [2.45, 2.75) is 45.1 Å². The minimum absolute atomic E-state index is 0.236. The summed E-state index contributed by atoms with van der Waals surface area (Å²) < 4.78 is 5.65. The quantitative estimate of drug-likeness (QED) is 0.828. The van der Waals surface area contributed by atoms with Gasteiger partial charge in [0.2, 0.25) is 5.88 Å². The predicted octanol–water partition coefficient (Wildman–Crippen LogP) is 3.60. The molecule has 0 saturated carbocycles. The second-order valence-electron chi connectivity index (χ2n) is 6.93. The fourth-order valence-corrected chi connectivity index (χ4v) is 3.11. The summed E-state index contributed by atoms with van der Waals surface area (Å²) >= 11 is 6.24. The minimum Gasteiger partial charge on any atom is -0.475 e. The van der Waals surface area contributed by atoms with E-state index in [1.54, 1.807) is 12.3 Å². The van der Waals surface area contributed by atoms with Crippen LogP contribution in [0.15, 0.2) is 30.5 Å². The van der Waals surface area contributed by atoms with Crippen molar-refractivity contribution in [1.82, 2.24) is 15.3 Å². The highest BCUT2D eigenvalue weighted by atomic mass is 35.5. The van der Waals surface area contributed by atoms with E-state index in [0.717, 1.165) is 36.9 Å². The van der Waals surface area contributed by atoms with Crippen molar-refractivity contribution in [2.24, 2.45) is 0 Å². The highest BCUT2D eigenvalue weighted by molar-refractivity contribution is 6.32. The van der Waals surface area contributed by atoms with Crippen LogP contribution in [0.3, 0.4) is 0 Å². The Morgan fingerprint density at radius 2 is 2.12 bits per heavy atom. The van der Waals surface area contributed by atoms with Gasteiger partial charge >= 0.3 is 0 Å². The maximum atomic E-state index is 12.7. The second kappa shape index (κ2) is 7.40. The Hall–Kier alpha value is -2.14. The Balaban J connectivity index is 1.68. The molecule has 0 unspecified atom stereocenters. The van der Waals surface area contributed by atoms with Crippen LogP contribution in [0.25, 0.3) is 0 Å². The lowest BCUT2D eigenvalue weighted by Crippen LogP contribution is -2.48. The third-order valence-corrected chi connectivity index (χ3v) is 4.46. The predicted molar refractivity (Wildman–Crippen MR) is 97.2 cm³/mol. The van der Waals surface area contributed by atoms with Gasteiger partial charge in [-0.05, 0) is 57.2 Å². The number of carbonyl (C=O) groups is 1. The van der Waals surface area contributed by atoms with Gasteiger partial charge in [-0.25, -0.2) is 9.97 Å². The van der Waals surface area contributed by atoms with E-state index >= 15 is 0 Å². The molecule has 132 valence electrons. The molecule has 1 N–H and O–H groups in total. The highest BCUT2D eigenvalue weighted by Crippen LogP contribution is 2.25. The fraction of sp³-hybridized carbons (Fsp3) is 0.421. The van der Waals surface area contributed by atoms with Crippen molar-refractivity contribution < 1.29 is 9.53 Å². The number of aryl methyl sites for hydroxylation is 2.